The van der Waals surface area contributed by atoms with Crippen molar-refractivity contribution in [1.82, 2.24) is 4.31 Å². The van der Waals surface area contributed by atoms with Crippen LogP contribution in [0.15, 0.2) is 53.4 Å². The first-order chi connectivity index (χ1) is 12.9. The zero-order valence-electron chi connectivity index (χ0n) is 15.2. The van der Waals surface area contributed by atoms with Crippen molar-refractivity contribution >= 4 is 21.6 Å². The summed E-state index contributed by atoms with van der Waals surface area (Å²) in [5.74, 6) is -0.942. The third-order valence-electron chi connectivity index (χ3n) is 4.83. The van der Waals surface area contributed by atoms with Gasteiger partial charge in [0.2, 0.25) is 10.0 Å². The average Bonchev–Trinajstić information content (AvgIpc) is 2.68. The van der Waals surface area contributed by atoms with E-state index in [1.54, 1.807) is 22.5 Å². The van der Waals surface area contributed by atoms with E-state index in [1.807, 2.05) is 6.92 Å². The highest BCUT2D eigenvalue weighted by molar-refractivity contribution is 7.89. The first-order valence-electron chi connectivity index (χ1n) is 9.10. The average molecular weight is 390 g/mol. The molecule has 5 nitrogen and oxygen atoms in total. The van der Waals surface area contributed by atoms with E-state index >= 15 is 0 Å². The molecule has 1 fully saturated rings. The molecule has 2 aromatic carbocycles. The van der Waals surface area contributed by atoms with Gasteiger partial charge in [-0.25, -0.2) is 12.8 Å². The number of benzene rings is 2. The monoisotopic (exact) mass is 390 g/mol. The molecule has 1 amide bonds. The molecule has 0 radical (unpaired) electrons. The van der Waals surface area contributed by atoms with Crippen LogP contribution < -0.4 is 5.32 Å². The molecule has 1 atom stereocenters. The topological polar surface area (TPSA) is 66.5 Å². The number of hydrogen-bond donors (Lipinski definition) is 1. The van der Waals surface area contributed by atoms with Crippen molar-refractivity contribution in [2.75, 3.05) is 11.9 Å². The van der Waals surface area contributed by atoms with Crippen molar-refractivity contribution in [1.29, 1.82) is 0 Å². The fourth-order valence-electron chi connectivity index (χ4n) is 3.40. The first kappa shape index (κ1) is 19.5. The largest absolute Gasteiger partial charge is 0.322 e. The van der Waals surface area contributed by atoms with E-state index in [0.717, 1.165) is 25.7 Å². The SMILES string of the molecule is CCC1CCCCN1S(=O)(=O)c1cccc(C(=O)Nc2cccc(F)c2)c1. The van der Waals surface area contributed by atoms with Crippen LogP contribution >= 0.6 is 0 Å². The number of hydrogen-bond acceptors (Lipinski definition) is 3. The van der Waals surface area contributed by atoms with Crippen LogP contribution in [0.3, 0.4) is 0 Å². The third-order valence-corrected chi connectivity index (χ3v) is 6.78. The van der Waals surface area contributed by atoms with E-state index in [0.29, 0.717) is 12.2 Å². The number of nitrogens with zero attached hydrogens (tertiary/aromatic N) is 1. The predicted molar refractivity (Wildman–Crippen MR) is 103 cm³/mol. The number of carbonyl (C=O) groups excluding carboxylic acids is 1. The number of halogens is 1. The predicted octanol–water partition coefficient (Wildman–Crippen LogP) is 4.03. The van der Waals surface area contributed by atoms with Gasteiger partial charge in [-0.05, 0) is 55.7 Å². The number of piperidine rings is 1. The van der Waals surface area contributed by atoms with Crippen LogP contribution in [0.5, 0.6) is 0 Å². The van der Waals surface area contributed by atoms with Crippen molar-refractivity contribution in [3.05, 3.63) is 59.9 Å². The molecule has 1 saturated heterocycles. The number of nitrogens with one attached hydrogen (secondary N) is 1. The molecule has 1 N–H and O–H groups in total. The Kier molecular flexibility index (Phi) is 5.92. The van der Waals surface area contributed by atoms with Crippen molar-refractivity contribution in [2.45, 2.75) is 43.5 Å². The molecule has 2 aromatic rings. The van der Waals surface area contributed by atoms with Crippen LogP contribution in [0.1, 0.15) is 43.0 Å². The van der Waals surface area contributed by atoms with E-state index < -0.39 is 21.7 Å². The minimum absolute atomic E-state index is 0.00599. The van der Waals surface area contributed by atoms with Crippen LogP contribution in [0.4, 0.5) is 10.1 Å². The second kappa shape index (κ2) is 8.19. The van der Waals surface area contributed by atoms with Gasteiger partial charge in [0.25, 0.3) is 5.91 Å². The summed E-state index contributed by atoms with van der Waals surface area (Å²) >= 11 is 0. The number of carbonyl (C=O) groups is 1. The van der Waals surface area contributed by atoms with Gasteiger partial charge < -0.3 is 5.32 Å². The van der Waals surface area contributed by atoms with Gasteiger partial charge in [0.1, 0.15) is 5.82 Å². The zero-order chi connectivity index (χ0) is 19.4. The van der Waals surface area contributed by atoms with E-state index in [9.17, 15) is 17.6 Å². The summed E-state index contributed by atoms with van der Waals surface area (Å²) in [4.78, 5) is 12.6. The van der Waals surface area contributed by atoms with E-state index in [1.165, 1.54) is 30.3 Å². The van der Waals surface area contributed by atoms with Gasteiger partial charge in [-0.15, -0.1) is 0 Å². The van der Waals surface area contributed by atoms with Gasteiger partial charge in [0.05, 0.1) is 4.90 Å². The summed E-state index contributed by atoms with van der Waals surface area (Å²) in [6.45, 7) is 2.49. The molecule has 0 bridgehead atoms. The van der Waals surface area contributed by atoms with Gasteiger partial charge in [-0.3, -0.25) is 4.79 Å². The number of amides is 1. The molecule has 1 heterocycles. The smallest absolute Gasteiger partial charge is 0.255 e. The summed E-state index contributed by atoms with van der Waals surface area (Å²) in [6, 6.07) is 11.5. The number of anilines is 1. The lowest BCUT2D eigenvalue weighted by Crippen LogP contribution is -2.43. The molecule has 0 aliphatic carbocycles. The molecule has 1 aliphatic rings. The van der Waals surface area contributed by atoms with Crippen molar-refractivity contribution in [3.63, 3.8) is 0 Å². The van der Waals surface area contributed by atoms with Crippen molar-refractivity contribution < 1.29 is 17.6 Å². The second-order valence-corrected chi connectivity index (χ2v) is 8.56. The van der Waals surface area contributed by atoms with Crippen LogP contribution in [0, 0.1) is 5.82 Å². The van der Waals surface area contributed by atoms with Crippen LogP contribution in [0.25, 0.3) is 0 Å². The quantitative estimate of drug-likeness (QED) is 0.838. The summed E-state index contributed by atoms with van der Waals surface area (Å²) in [5, 5.41) is 2.59. The Morgan fingerprint density at radius 2 is 1.96 bits per heavy atom. The van der Waals surface area contributed by atoms with Crippen molar-refractivity contribution in [2.24, 2.45) is 0 Å². The van der Waals surface area contributed by atoms with E-state index in [4.69, 9.17) is 0 Å². The van der Waals surface area contributed by atoms with Gasteiger partial charge >= 0.3 is 0 Å². The minimum Gasteiger partial charge on any atom is -0.322 e. The molecule has 0 spiro atoms. The lowest BCUT2D eigenvalue weighted by atomic mass is 10.0. The Balaban J connectivity index is 1.85. The van der Waals surface area contributed by atoms with Gasteiger partial charge in [-0.1, -0.05) is 25.5 Å². The Hall–Kier alpha value is -2.25. The highest BCUT2D eigenvalue weighted by Gasteiger charge is 2.32. The molecular weight excluding hydrogens is 367 g/mol. The first-order valence-corrected chi connectivity index (χ1v) is 10.5. The molecule has 1 aliphatic heterocycles. The minimum atomic E-state index is -3.67. The summed E-state index contributed by atoms with van der Waals surface area (Å²) < 4.78 is 41.0. The summed E-state index contributed by atoms with van der Waals surface area (Å²) in [7, 11) is -3.67. The van der Waals surface area contributed by atoms with Crippen LogP contribution in [-0.4, -0.2) is 31.2 Å². The van der Waals surface area contributed by atoms with Crippen LogP contribution in [-0.2, 0) is 10.0 Å². The highest BCUT2D eigenvalue weighted by atomic mass is 32.2. The Bertz CT molecular complexity index is 930. The van der Waals surface area contributed by atoms with Crippen molar-refractivity contribution in [3.8, 4) is 0 Å². The van der Waals surface area contributed by atoms with E-state index in [2.05, 4.69) is 5.32 Å². The maximum Gasteiger partial charge on any atom is 0.255 e. The molecule has 144 valence electrons. The molecule has 1 unspecified atom stereocenters. The lowest BCUT2D eigenvalue weighted by molar-refractivity contribution is 0.102. The van der Waals surface area contributed by atoms with Gasteiger partial charge in [0, 0.05) is 23.8 Å². The maximum atomic E-state index is 13.3. The molecule has 3 rings (SSSR count). The number of sulfonamides is 1. The second-order valence-electron chi connectivity index (χ2n) is 6.67. The standard InChI is InChI=1S/C20H23FN2O3S/c1-2-18-10-3-4-12-23(18)27(25,26)19-11-5-7-15(13-19)20(24)22-17-9-6-8-16(21)14-17/h5-9,11,13-14,18H,2-4,10,12H2,1H3,(H,22,24). The van der Waals surface area contributed by atoms with Gasteiger partial charge in [0.15, 0.2) is 0 Å². The fraction of sp³-hybridized carbons (Fsp3) is 0.350. The molecular formula is C20H23FN2O3S. The lowest BCUT2D eigenvalue weighted by Gasteiger charge is -2.34. The Labute approximate surface area is 159 Å². The zero-order valence-corrected chi connectivity index (χ0v) is 16.0. The Morgan fingerprint density at radius 3 is 2.70 bits per heavy atom. The van der Waals surface area contributed by atoms with E-state index in [-0.39, 0.29) is 16.5 Å². The van der Waals surface area contributed by atoms with Gasteiger partial charge in [-0.2, -0.15) is 4.31 Å². The normalized spacial score (nSPS) is 18.2. The highest BCUT2D eigenvalue weighted by Crippen LogP contribution is 2.27. The molecule has 0 aromatic heterocycles. The molecule has 7 heteroatoms. The summed E-state index contributed by atoms with van der Waals surface area (Å²) in [6.07, 6.45) is 3.49. The molecule has 0 saturated carbocycles. The fourth-order valence-corrected chi connectivity index (χ4v) is 5.21. The van der Waals surface area contributed by atoms with Crippen LogP contribution in [0.2, 0.25) is 0 Å². The summed E-state index contributed by atoms with van der Waals surface area (Å²) in [5.41, 5.74) is 0.528. The maximum absolute atomic E-state index is 13.3. The third kappa shape index (κ3) is 4.36. The Morgan fingerprint density at radius 1 is 1.19 bits per heavy atom. The number of rotatable bonds is 5. The molecule has 27 heavy (non-hydrogen) atoms.